The van der Waals surface area contributed by atoms with Crippen LogP contribution in [-0.2, 0) is 13.1 Å². The van der Waals surface area contributed by atoms with Crippen LogP contribution in [0.25, 0.3) is 0 Å². The molecule has 0 saturated heterocycles. The Labute approximate surface area is 159 Å². The van der Waals surface area contributed by atoms with Gasteiger partial charge in [-0.25, -0.2) is 0 Å². The molecule has 2 aromatic rings. The number of quaternary nitrogens is 1. The van der Waals surface area contributed by atoms with Crippen LogP contribution in [0.1, 0.15) is 45.9 Å². The van der Waals surface area contributed by atoms with E-state index in [2.05, 4.69) is 81.9 Å². The molecule has 152 valence electrons. The molecule has 0 bridgehead atoms. The molecule has 0 aliphatic heterocycles. The van der Waals surface area contributed by atoms with E-state index in [4.69, 9.17) is 5.10 Å². The maximum absolute atomic E-state index is 9.75. The van der Waals surface area contributed by atoms with Gasteiger partial charge in [0.1, 0.15) is 12.2 Å². The quantitative estimate of drug-likeness (QED) is 0.354. The maximum Gasteiger partial charge on any atom is 0.673 e. The Balaban J connectivity index is 0.000000646. The summed E-state index contributed by atoms with van der Waals surface area (Å²) in [5, 5.41) is 4.80. The van der Waals surface area contributed by atoms with E-state index in [0.717, 1.165) is 24.1 Å². The summed E-state index contributed by atoms with van der Waals surface area (Å²) in [7, 11) is -6.00. The summed E-state index contributed by atoms with van der Waals surface area (Å²) in [5.74, 6) is 0. The summed E-state index contributed by atoms with van der Waals surface area (Å²) in [6, 6.07) is 13.9. The molecule has 0 radical (unpaired) electrons. The van der Waals surface area contributed by atoms with Crippen molar-refractivity contribution in [2.45, 2.75) is 59.8 Å². The fraction of sp³-hybridized carbons (Fsp3) is 0.526. The van der Waals surface area contributed by atoms with Crippen LogP contribution in [-0.4, -0.2) is 40.1 Å². The van der Waals surface area contributed by atoms with Crippen LogP contribution in [0.4, 0.5) is 17.3 Å². The number of aromatic nitrogens is 2. The molecular weight excluding hydrogens is 357 g/mol. The highest BCUT2D eigenvalue weighted by atomic mass is 19.5. The van der Waals surface area contributed by atoms with E-state index in [0.29, 0.717) is 12.1 Å². The van der Waals surface area contributed by atoms with Crippen molar-refractivity contribution < 1.29 is 21.7 Å². The zero-order chi connectivity index (χ0) is 20.7. The predicted octanol–water partition coefficient (Wildman–Crippen LogP) is 5.38. The normalized spacial score (nSPS) is 12.3. The van der Waals surface area contributed by atoms with Crippen molar-refractivity contribution in [3.63, 3.8) is 0 Å². The van der Waals surface area contributed by atoms with Crippen molar-refractivity contribution in [2.75, 3.05) is 6.54 Å². The second-order valence-electron chi connectivity index (χ2n) is 7.25. The Morgan fingerprint density at radius 2 is 1.48 bits per heavy atom. The van der Waals surface area contributed by atoms with Gasteiger partial charge in [-0.05, 0) is 46.2 Å². The molecule has 0 amide bonds. The minimum absolute atomic E-state index is 0.601. The standard InChI is InChI=1S/C19H30N3.BF4/c1-6-22(16(2)3,17(4)5)15-19-12-13-21(20-19)14-18-10-8-7-9-11-18;2-1(3,4)5/h7-13,16-17H,6,14-15H2,1-5H3;/q+1;-1. The minimum atomic E-state index is -6.00. The average Bonchev–Trinajstić information content (AvgIpc) is 2.98. The number of hydrogen-bond donors (Lipinski definition) is 0. The largest absolute Gasteiger partial charge is 0.673 e. The van der Waals surface area contributed by atoms with Gasteiger partial charge in [0.2, 0.25) is 0 Å². The van der Waals surface area contributed by atoms with Gasteiger partial charge in [-0.15, -0.1) is 0 Å². The summed E-state index contributed by atoms with van der Waals surface area (Å²) in [5.41, 5.74) is 2.49. The molecule has 8 heteroatoms. The van der Waals surface area contributed by atoms with E-state index < -0.39 is 7.25 Å². The lowest BCUT2D eigenvalue weighted by atomic mass is 10.1. The Hall–Kier alpha value is -1.83. The van der Waals surface area contributed by atoms with E-state index in [1.807, 2.05) is 0 Å². The molecule has 2 rings (SSSR count). The lowest BCUT2D eigenvalue weighted by Gasteiger charge is -2.45. The van der Waals surface area contributed by atoms with Crippen LogP contribution in [0, 0.1) is 0 Å². The third-order valence-corrected chi connectivity index (χ3v) is 4.99. The Bertz CT molecular complexity index is 655. The molecule has 27 heavy (non-hydrogen) atoms. The molecule has 1 heterocycles. The third-order valence-electron chi connectivity index (χ3n) is 4.99. The lowest BCUT2D eigenvalue weighted by molar-refractivity contribution is -0.977. The summed E-state index contributed by atoms with van der Waals surface area (Å²) >= 11 is 0. The Morgan fingerprint density at radius 3 is 1.93 bits per heavy atom. The third kappa shape index (κ3) is 7.75. The van der Waals surface area contributed by atoms with Crippen LogP contribution in [0.3, 0.4) is 0 Å². The number of hydrogen-bond acceptors (Lipinski definition) is 1. The molecule has 3 nitrogen and oxygen atoms in total. The second kappa shape index (κ2) is 9.92. The Kier molecular flexibility index (Phi) is 8.53. The summed E-state index contributed by atoms with van der Waals surface area (Å²) in [6.07, 6.45) is 2.10. The molecule has 0 aliphatic rings. The first-order chi connectivity index (χ1) is 12.5. The summed E-state index contributed by atoms with van der Waals surface area (Å²) < 4.78 is 42.1. The van der Waals surface area contributed by atoms with Crippen LogP contribution >= 0.6 is 0 Å². The summed E-state index contributed by atoms with van der Waals surface area (Å²) in [6.45, 7) is 14.6. The predicted molar refractivity (Wildman–Crippen MR) is 103 cm³/mol. The highest BCUT2D eigenvalue weighted by Gasteiger charge is 2.33. The topological polar surface area (TPSA) is 17.8 Å². The average molecular weight is 387 g/mol. The van der Waals surface area contributed by atoms with Crippen molar-refractivity contribution in [1.82, 2.24) is 9.78 Å². The molecule has 0 unspecified atom stereocenters. The van der Waals surface area contributed by atoms with Gasteiger partial charge in [0.25, 0.3) is 0 Å². The molecule has 0 atom stereocenters. The number of rotatable bonds is 7. The van der Waals surface area contributed by atoms with E-state index in [1.165, 1.54) is 11.3 Å². The first-order valence-electron chi connectivity index (χ1n) is 9.28. The maximum atomic E-state index is 9.75. The van der Waals surface area contributed by atoms with Gasteiger partial charge >= 0.3 is 7.25 Å². The van der Waals surface area contributed by atoms with Crippen LogP contribution < -0.4 is 0 Å². The van der Waals surface area contributed by atoms with Gasteiger partial charge in [-0.3, -0.25) is 4.68 Å². The first-order valence-corrected chi connectivity index (χ1v) is 9.28. The van der Waals surface area contributed by atoms with Crippen molar-refractivity contribution in [2.24, 2.45) is 0 Å². The van der Waals surface area contributed by atoms with Crippen LogP contribution in [0.5, 0.6) is 0 Å². The van der Waals surface area contributed by atoms with Crippen LogP contribution in [0.2, 0.25) is 0 Å². The zero-order valence-electron chi connectivity index (χ0n) is 16.7. The van der Waals surface area contributed by atoms with E-state index in [-0.39, 0.29) is 0 Å². The van der Waals surface area contributed by atoms with Crippen molar-refractivity contribution >= 4 is 7.25 Å². The van der Waals surface area contributed by atoms with Crippen molar-refractivity contribution in [3.8, 4) is 0 Å². The molecule has 0 N–H and O–H groups in total. The smallest absolute Gasteiger partial charge is 0.418 e. The second-order valence-corrected chi connectivity index (χ2v) is 7.25. The SMILES string of the molecule is CC[N+](Cc1ccn(Cc2ccccc2)n1)(C(C)C)C(C)C.F[B-](F)(F)F. The number of halogens is 4. The molecule has 0 spiro atoms. The van der Waals surface area contributed by atoms with Gasteiger partial charge in [0.15, 0.2) is 0 Å². The van der Waals surface area contributed by atoms with Gasteiger partial charge in [0.05, 0.1) is 25.2 Å². The molecular formula is C19H30BF4N3. The monoisotopic (exact) mass is 387 g/mol. The molecule has 0 aliphatic carbocycles. The summed E-state index contributed by atoms with van der Waals surface area (Å²) in [4.78, 5) is 0. The number of benzene rings is 1. The fourth-order valence-electron chi connectivity index (χ4n) is 3.45. The van der Waals surface area contributed by atoms with E-state index in [1.54, 1.807) is 0 Å². The minimum Gasteiger partial charge on any atom is -0.418 e. The van der Waals surface area contributed by atoms with Gasteiger partial charge in [0, 0.05) is 6.20 Å². The highest BCUT2D eigenvalue weighted by Crippen LogP contribution is 2.23. The zero-order valence-corrected chi connectivity index (χ0v) is 16.7. The molecule has 0 fully saturated rings. The highest BCUT2D eigenvalue weighted by molar-refractivity contribution is 6.50. The van der Waals surface area contributed by atoms with Gasteiger partial charge in [-0.1, -0.05) is 30.3 Å². The first kappa shape index (κ1) is 23.2. The molecule has 0 saturated carbocycles. The molecule has 1 aromatic heterocycles. The molecule has 1 aromatic carbocycles. The van der Waals surface area contributed by atoms with Gasteiger partial charge in [-0.2, -0.15) is 5.10 Å². The van der Waals surface area contributed by atoms with E-state index in [9.17, 15) is 17.3 Å². The fourth-order valence-corrected chi connectivity index (χ4v) is 3.45. The Morgan fingerprint density at radius 1 is 0.963 bits per heavy atom. The van der Waals surface area contributed by atoms with Gasteiger partial charge < -0.3 is 21.7 Å². The number of nitrogens with zero attached hydrogens (tertiary/aromatic N) is 3. The van der Waals surface area contributed by atoms with Crippen LogP contribution in [0.15, 0.2) is 42.6 Å². The lowest BCUT2D eigenvalue weighted by Crippen LogP contribution is -2.56. The van der Waals surface area contributed by atoms with E-state index >= 15 is 0 Å². The van der Waals surface area contributed by atoms with Crippen molar-refractivity contribution in [1.29, 1.82) is 0 Å². The van der Waals surface area contributed by atoms with Crippen molar-refractivity contribution in [3.05, 3.63) is 53.9 Å².